The van der Waals surface area contributed by atoms with Gasteiger partial charge in [0.2, 0.25) is 0 Å². The summed E-state index contributed by atoms with van der Waals surface area (Å²) in [5, 5.41) is 4.32. The smallest absolute Gasteiger partial charge is 0.139 e. The highest BCUT2D eigenvalue weighted by atomic mass is 35.5. The molecule has 0 amide bonds. The summed E-state index contributed by atoms with van der Waals surface area (Å²) in [5.41, 5.74) is 1.12. The van der Waals surface area contributed by atoms with Gasteiger partial charge in [0.25, 0.3) is 0 Å². The lowest BCUT2D eigenvalue weighted by atomic mass is 9.95. The summed E-state index contributed by atoms with van der Waals surface area (Å²) in [6.45, 7) is 2.29. The Labute approximate surface area is 127 Å². The minimum Gasteiger partial charge on any atom is -0.495 e. The van der Waals surface area contributed by atoms with Crippen LogP contribution in [0.1, 0.15) is 51.9 Å². The van der Waals surface area contributed by atoms with Gasteiger partial charge in [0.05, 0.1) is 12.1 Å². The Hall–Kier alpha value is -0.890. The van der Waals surface area contributed by atoms with Crippen LogP contribution in [0.4, 0.5) is 5.69 Å². The second-order valence-corrected chi connectivity index (χ2v) is 6.26. The zero-order chi connectivity index (χ0) is 14.4. The molecular formula is C17H26ClNO. The van der Waals surface area contributed by atoms with Crippen molar-refractivity contribution in [1.82, 2.24) is 0 Å². The van der Waals surface area contributed by atoms with Crippen molar-refractivity contribution in [3.05, 3.63) is 23.2 Å². The van der Waals surface area contributed by atoms with Crippen molar-refractivity contribution in [1.29, 1.82) is 0 Å². The van der Waals surface area contributed by atoms with Crippen LogP contribution >= 0.6 is 11.6 Å². The van der Waals surface area contributed by atoms with E-state index in [0.717, 1.165) is 17.4 Å². The molecule has 0 radical (unpaired) electrons. The molecule has 0 saturated heterocycles. The van der Waals surface area contributed by atoms with Gasteiger partial charge in [0.1, 0.15) is 5.75 Å². The van der Waals surface area contributed by atoms with E-state index in [4.69, 9.17) is 16.3 Å². The highest BCUT2D eigenvalue weighted by Gasteiger charge is 2.18. The molecule has 1 aliphatic carbocycles. The lowest BCUT2D eigenvalue weighted by Gasteiger charge is -2.19. The number of hydrogen-bond donors (Lipinski definition) is 1. The van der Waals surface area contributed by atoms with Crippen molar-refractivity contribution in [3.8, 4) is 5.75 Å². The van der Waals surface area contributed by atoms with E-state index >= 15 is 0 Å². The summed E-state index contributed by atoms with van der Waals surface area (Å²) in [6, 6.07) is 6.53. The normalized spacial score (nSPS) is 23.1. The van der Waals surface area contributed by atoms with Gasteiger partial charge in [-0.2, -0.15) is 0 Å². The Balaban J connectivity index is 1.93. The second kappa shape index (κ2) is 7.78. The van der Waals surface area contributed by atoms with Crippen LogP contribution in [-0.2, 0) is 0 Å². The van der Waals surface area contributed by atoms with Gasteiger partial charge in [-0.15, -0.1) is 0 Å². The largest absolute Gasteiger partial charge is 0.495 e. The summed E-state index contributed by atoms with van der Waals surface area (Å²) in [5.74, 6) is 1.68. The van der Waals surface area contributed by atoms with Crippen molar-refractivity contribution in [2.75, 3.05) is 12.4 Å². The topological polar surface area (TPSA) is 21.3 Å². The first-order chi connectivity index (χ1) is 9.72. The molecule has 2 atom stereocenters. The molecule has 2 nitrogen and oxygen atoms in total. The molecule has 0 aromatic heterocycles. The quantitative estimate of drug-likeness (QED) is 0.723. The zero-order valence-electron chi connectivity index (χ0n) is 12.6. The zero-order valence-corrected chi connectivity index (χ0v) is 13.4. The van der Waals surface area contributed by atoms with Gasteiger partial charge < -0.3 is 10.1 Å². The molecule has 1 fully saturated rings. The van der Waals surface area contributed by atoms with Gasteiger partial charge in [-0.25, -0.2) is 0 Å². The number of benzene rings is 1. The van der Waals surface area contributed by atoms with Crippen LogP contribution in [0.3, 0.4) is 0 Å². The first-order valence-electron chi connectivity index (χ1n) is 7.83. The van der Waals surface area contributed by atoms with Crippen LogP contribution in [0.5, 0.6) is 5.75 Å². The third kappa shape index (κ3) is 4.31. The van der Waals surface area contributed by atoms with Gasteiger partial charge in [0.15, 0.2) is 0 Å². The van der Waals surface area contributed by atoms with Crippen molar-refractivity contribution in [2.45, 2.75) is 57.9 Å². The Bertz CT molecular complexity index is 421. The highest BCUT2D eigenvalue weighted by molar-refractivity contribution is 6.32. The molecule has 1 saturated carbocycles. The molecule has 3 heteroatoms. The molecule has 2 unspecified atom stereocenters. The maximum absolute atomic E-state index is 6.07. The van der Waals surface area contributed by atoms with Gasteiger partial charge in [-0.3, -0.25) is 0 Å². The Kier molecular flexibility index (Phi) is 6.03. The third-order valence-electron chi connectivity index (χ3n) is 4.31. The molecule has 1 N–H and O–H groups in total. The molecule has 0 heterocycles. The summed E-state index contributed by atoms with van der Waals surface area (Å²) in [4.78, 5) is 0. The van der Waals surface area contributed by atoms with Crippen molar-refractivity contribution >= 4 is 17.3 Å². The summed E-state index contributed by atoms with van der Waals surface area (Å²) < 4.78 is 5.28. The van der Waals surface area contributed by atoms with Crippen LogP contribution in [0, 0.1) is 5.92 Å². The fourth-order valence-corrected chi connectivity index (χ4v) is 3.40. The van der Waals surface area contributed by atoms with Crippen LogP contribution in [0.2, 0.25) is 5.02 Å². The highest BCUT2D eigenvalue weighted by Crippen LogP contribution is 2.31. The van der Waals surface area contributed by atoms with E-state index in [2.05, 4.69) is 12.2 Å². The number of nitrogens with one attached hydrogen (secondary N) is 1. The lowest BCUT2D eigenvalue weighted by Crippen LogP contribution is -2.18. The summed E-state index contributed by atoms with van der Waals surface area (Å²) in [7, 11) is 1.66. The maximum Gasteiger partial charge on any atom is 0.139 e. The average molecular weight is 296 g/mol. The average Bonchev–Trinajstić information content (AvgIpc) is 2.67. The van der Waals surface area contributed by atoms with E-state index in [1.165, 1.54) is 44.9 Å². The van der Waals surface area contributed by atoms with Crippen LogP contribution in [0.15, 0.2) is 18.2 Å². The van der Waals surface area contributed by atoms with E-state index in [9.17, 15) is 0 Å². The van der Waals surface area contributed by atoms with Gasteiger partial charge >= 0.3 is 0 Å². The summed E-state index contributed by atoms with van der Waals surface area (Å²) in [6.07, 6.45) is 9.35. The lowest BCUT2D eigenvalue weighted by molar-refractivity contribution is 0.415. The van der Waals surface area contributed by atoms with E-state index in [-0.39, 0.29) is 0 Å². The molecule has 1 aromatic rings. The monoisotopic (exact) mass is 295 g/mol. The fourth-order valence-electron chi connectivity index (χ4n) is 3.21. The molecule has 20 heavy (non-hydrogen) atoms. The Morgan fingerprint density at radius 2 is 2.10 bits per heavy atom. The Morgan fingerprint density at radius 3 is 2.85 bits per heavy atom. The molecule has 0 bridgehead atoms. The van der Waals surface area contributed by atoms with Gasteiger partial charge in [-0.1, -0.05) is 44.2 Å². The number of methoxy groups -OCH3 is 1. The van der Waals surface area contributed by atoms with E-state index in [0.29, 0.717) is 11.1 Å². The Morgan fingerprint density at radius 1 is 1.25 bits per heavy atom. The van der Waals surface area contributed by atoms with Crippen LogP contribution in [-0.4, -0.2) is 13.2 Å². The second-order valence-electron chi connectivity index (χ2n) is 5.85. The first kappa shape index (κ1) is 15.5. The maximum atomic E-state index is 6.07. The molecule has 112 valence electrons. The third-order valence-corrected chi connectivity index (χ3v) is 4.62. The van der Waals surface area contributed by atoms with Crippen molar-refractivity contribution in [2.24, 2.45) is 5.92 Å². The molecule has 1 aromatic carbocycles. The molecule has 0 spiro atoms. The number of ether oxygens (including phenoxy) is 1. The number of halogens is 1. The van der Waals surface area contributed by atoms with Gasteiger partial charge in [0, 0.05) is 17.8 Å². The van der Waals surface area contributed by atoms with Crippen molar-refractivity contribution < 1.29 is 4.74 Å². The molecule has 2 rings (SSSR count). The van der Waals surface area contributed by atoms with Crippen LogP contribution < -0.4 is 10.1 Å². The van der Waals surface area contributed by atoms with Crippen molar-refractivity contribution in [3.63, 3.8) is 0 Å². The molecule has 0 aliphatic heterocycles. The van der Waals surface area contributed by atoms with E-state index in [1.54, 1.807) is 7.11 Å². The van der Waals surface area contributed by atoms with E-state index in [1.807, 2.05) is 18.2 Å². The van der Waals surface area contributed by atoms with Crippen LogP contribution in [0.25, 0.3) is 0 Å². The fraction of sp³-hybridized carbons (Fsp3) is 0.647. The SMILES string of the molecule is CCCC1CCCC(Nc2ccc(Cl)c(OC)c2)CC1. The minimum atomic E-state index is 0.586. The number of hydrogen-bond acceptors (Lipinski definition) is 2. The van der Waals surface area contributed by atoms with E-state index < -0.39 is 0 Å². The van der Waals surface area contributed by atoms with Gasteiger partial charge in [-0.05, 0) is 37.3 Å². The summed E-state index contributed by atoms with van der Waals surface area (Å²) >= 11 is 6.07. The number of rotatable bonds is 5. The minimum absolute atomic E-state index is 0.586. The standard InChI is InChI=1S/C17H26ClNO/c1-3-5-13-6-4-7-14(9-8-13)19-15-10-11-16(18)17(12-15)20-2/h10-14,19H,3-9H2,1-2H3. The predicted molar refractivity (Wildman–Crippen MR) is 86.9 cm³/mol. The molecule has 1 aliphatic rings. The predicted octanol–water partition coefficient (Wildman–Crippen LogP) is 5.51. The number of anilines is 1. The molecular weight excluding hydrogens is 270 g/mol. The first-order valence-corrected chi connectivity index (χ1v) is 8.20.